The van der Waals surface area contributed by atoms with Gasteiger partial charge in [-0.3, -0.25) is 0 Å². The van der Waals surface area contributed by atoms with Gasteiger partial charge in [-0.15, -0.1) is 0 Å². The Balaban J connectivity index is 0. The van der Waals surface area contributed by atoms with Crippen LogP contribution in [0.25, 0.3) is 0 Å². The molecule has 0 aliphatic heterocycles. The van der Waals surface area contributed by atoms with Crippen molar-refractivity contribution >= 4 is 7.82 Å². The number of hydrogen-bond donors (Lipinski definition) is 4. The van der Waals surface area contributed by atoms with Crippen LogP contribution < -0.4 is 60.6 Å². The van der Waals surface area contributed by atoms with E-state index in [0.29, 0.717) is 0 Å². The highest BCUT2D eigenvalue weighted by atomic mass is 31.2. The van der Waals surface area contributed by atoms with E-state index >= 15 is 0 Å². The Bertz CT molecular complexity index is 1120. The quantitative estimate of drug-likeness (QED) is 0.0832. The number of halogens is 1. The van der Waals surface area contributed by atoms with Gasteiger partial charge in [-0.05, 0) is 51.9 Å². The van der Waals surface area contributed by atoms with Crippen LogP contribution in [0, 0.1) is 0 Å². The maximum atomic E-state index is 8.55. The van der Waals surface area contributed by atoms with Gasteiger partial charge in [0.1, 0.15) is 49.6 Å². The van der Waals surface area contributed by atoms with E-state index in [1.165, 1.54) is 0 Å². The summed E-state index contributed by atoms with van der Waals surface area (Å²) in [4.78, 5) is 25.6. The molecule has 4 aromatic rings. The van der Waals surface area contributed by atoms with Crippen LogP contribution >= 0.6 is 7.82 Å². The van der Waals surface area contributed by atoms with Crippen molar-refractivity contribution in [2.75, 3.05) is 26.2 Å². The number of imidazole rings is 4. The van der Waals surface area contributed by atoms with Crippen molar-refractivity contribution in [3.63, 3.8) is 0 Å². The Morgan fingerprint density at radius 3 is 0.783 bits per heavy atom. The van der Waals surface area contributed by atoms with Crippen LogP contribution in [0.3, 0.4) is 0 Å². The molecule has 18 heteroatoms. The predicted molar refractivity (Wildman–Crippen MR) is 165 cm³/mol. The zero-order valence-corrected chi connectivity index (χ0v) is 28.7. The molecule has 0 aromatic carbocycles. The van der Waals surface area contributed by atoms with Crippen LogP contribution in [-0.4, -0.2) is 44.4 Å². The fraction of sp³-hybridized carbons (Fsp3) is 0.571. The first-order valence-electron chi connectivity index (χ1n) is 14.9. The zero-order valence-electron chi connectivity index (χ0n) is 27.8. The molecule has 0 aliphatic carbocycles. The molecular formula is C28H56FN12O4P. The number of hydrogen-bond acceptors (Lipinski definition) is 8. The second kappa shape index (κ2) is 26.9. The molecule has 0 fully saturated rings. The summed E-state index contributed by atoms with van der Waals surface area (Å²) in [5.41, 5.74) is 21.5. The van der Waals surface area contributed by atoms with Crippen molar-refractivity contribution in [2.45, 2.75) is 51.9 Å². The summed E-state index contributed by atoms with van der Waals surface area (Å²) in [6.07, 6.45) is 28.7. The van der Waals surface area contributed by atoms with Gasteiger partial charge in [0.2, 0.25) is 25.3 Å². The van der Waals surface area contributed by atoms with Crippen molar-refractivity contribution in [1.82, 2.24) is 18.3 Å². The zero-order chi connectivity index (χ0) is 34.1. The molecule has 0 saturated carbocycles. The summed E-state index contributed by atoms with van der Waals surface area (Å²) >= 11 is 0. The minimum atomic E-state index is -5.39. The van der Waals surface area contributed by atoms with Gasteiger partial charge in [0, 0.05) is 0 Å². The smallest absolute Gasteiger partial charge is 0.243 e. The van der Waals surface area contributed by atoms with Crippen molar-refractivity contribution in [1.29, 1.82) is 0 Å². The molecule has 16 nitrogen and oxygen atoms in total. The highest BCUT2D eigenvalue weighted by Crippen LogP contribution is 2.03. The van der Waals surface area contributed by atoms with E-state index in [9.17, 15) is 0 Å². The van der Waals surface area contributed by atoms with Gasteiger partial charge in [0.05, 0.1) is 54.4 Å². The minimum Gasteiger partial charge on any atom is -1.00 e. The van der Waals surface area contributed by atoms with Gasteiger partial charge in [0.25, 0.3) is 0 Å². The van der Waals surface area contributed by atoms with Crippen molar-refractivity contribution in [3.8, 4) is 0 Å². The summed E-state index contributed by atoms with van der Waals surface area (Å²) in [5.74, 6) is 0. The standard InChI is InChI=1S/4C7H14N3.FH.H3O4P/c4*1-9-5-6-10(7-9)4-2-3-8;;1-5(2,3)4/h4*5-7H,2-4,8H2,1H3;1H;(H3,1,2,3,4)/q4*+1;;/p-4. The predicted octanol–water partition coefficient (Wildman–Crippen LogP) is -7.18. The average Bonchev–Trinajstić information content (AvgIpc) is 3.78. The molecule has 4 heterocycles. The summed E-state index contributed by atoms with van der Waals surface area (Å²) in [6.45, 7) is 7.16. The topological polar surface area (TPSA) is 226 Å². The van der Waals surface area contributed by atoms with Crippen LogP contribution in [0.2, 0.25) is 0 Å². The second-order valence-electron chi connectivity index (χ2n) is 10.3. The first kappa shape index (κ1) is 44.8. The average molecular weight is 675 g/mol. The molecule has 0 spiro atoms. The maximum absolute atomic E-state index is 8.55. The van der Waals surface area contributed by atoms with Crippen molar-refractivity contribution in [2.24, 2.45) is 51.1 Å². The first-order valence-corrected chi connectivity index (χ1v) is 16.3. The third-order valence-corrected chi connectivity index (χ3v) is 5.78. The molecule has 0 radical (unpaired) electrons. The van der Waals surface area contributed by atoms with Crippen LogP contribution in [0.1, 0.15) is 25.7 Å². The second-order valence-corrected chi connectivity index (χ2v) is 11.2. The molecule has 46 heavy (non-hydrogen) atoms. The molecule has 0 bridgehead atoms. The molecule has 8 N–H and O–H groups in total. The fourth-order valence-electron chi connectivity index (χ4n) is 3.63. The van der Waals surface area contributed by atoms with E-state index in [1.54, 1.807) is 0 Å². The fourth-order valence-corrected chi connectivity index (χ4v) is 3.63. The number of nitrogens with zero attached hydrogens (tertiary/aromatic N) is 8. The lowest BCUT2D eigenvalue weighted by Gasteiger charge is -2.36. The minimum absolute atomic E-state index is 0. The van der Waals surface area contributed by atoms with Gasteiger partial charge in [-0.2, -0.15) is 7.82 Å². The van der Waals surface area contributed by atoms with Crippen LogP contribution in [0.5, 0.6) is 0 Å². The van der Waals surface area contributed by atoms with E-state index < -0.39 is 7.82 Å². The number of aryl methyl sites for hydroxylation is 8. The van der Waals surface area contributed by atoms with Crippen molar-refractivity contribution in [3.05, 3.63) is 74.9 Å². The van der Waals surface area contributed by atoms with Gasteiger partial charge in [-0.1, -0.05) is 0 Å². The number of rotatable bonds is 12. The molecule has 0 aliphatic rings. The van der Waals surface area contributed by atoms with Gasteiger partial charge in [-0.25, -0.2) is 36.5 Å². The van der Waals surface area contributed by atoms with Crippen LogP contribution in [-0.2, 0) is 58.9 Å². The van der Waals surface area contributed by atoms with E-state index in [2.05, 4.69) is 68.4 Å². The number of phosphoric acid groups is 1. The van der Waals surface area contributed by atoms with Gasteiger partial charge < -0.3 is 46.9 Å². The van der Waals surface area contributed by atoms with Gasteiger partial charge >= 0.3 is 0 Å². The van der Waals surface area contributed by atoms with Gasteiger partial charge in [0.15, 0.2) is 0 Å². The maximum Gasteiger partial charge on any atom is 0.243 e. The highest BCUT2D eigenvalue weighted by Gasteiger charge is 1.99. The molecule has 0 saturated heterocycles. The normalized spacial score (nSPS) is 10.2. The lowest BCUT2D eigenvalue weighted by molar-refractivity contribution is -0.671. The largest absolute Gasteiger partial charge is 1.00 e. The summed E-state index contributed by atoms with van der Waals surface area (Å²) in [7, 11) is 2.66. The Morgan fingerprint density at radius 1 is 0.500 bits per heavy atom. The Morgan fingerprint density at radius 2 is 0.674 bits per heavy atom. The third-order valence-electron chi connectivity index (χ3n) is 5.78. The molecule has 264 valence electrons. The van der Waals surface area contributed by atoms with E-state index in [-0.39, 0.29) is 4.70 Å². The van der Waals surface area contributed by atoms with E-state index in [0.717, 1.165) is 78.0 Å². The molecule has 4 rings (SSSR count). The molecular weight excluding hydrogens is 618 g/mol. The molecule has 0 atom stereocenters. The van der Waals surface area contributed by atoms with Crippen LogP contribution in [0.15, 0.2) is 74.9 Å². The lowest BCUT2D eigenvalue weighted by atomic mass is 10.4. The van der Waals surface area contributed by atoms with Crippen molar-refractivity contribution < 1.29 is 42.2 Å². The van der Waals surface area contributed by atoms with E-state index in [1.807, 2.05) is 71.2 Å². The monoisotopic (exact) mass is 674 g/mol. The Hall–Kier alpha value is -3.28. The third kappa shape index (κ3) is 27.1. The number of nitrogens with two attached hydrogens (primary N) is 4. The Labute approximate surface area is 272 Å². The molecule has 0 amide bonds. The first-order chi connectivity index (χ1) is 21.3. The Kier molecular flexibility index (Phi) is 26.2. The number of aromatic nitrogens is 8. The van der Waals surface area contributed by atoms with Crippen LogP contribution in [0.4, 0.5) is 0 Å². The summed E-state index contributed by atoms with van der Waals surface area (Å²) < 4.78 is 25.2. The lowest BCUT2D eigenvalue weighted by Crippen LogP contribution is -3.00. The highest BCUT2D eigenvalue weighted by molar-refractivity contribution is 7.40. The molecule has 4 aromatic heterocycles. The summed E-state index contributed by atoms with van der Waals surface area (Å²) in [6, 6.07) is 0. The SMILES string of the molecule is C[n+]1ccn(CCCN)c1.C[n+]1ccn(CCCN)c1.C[n+]1ccn(CCCN)c1.C[n+]1ccn(CCCN)c1.O=P([O-])([O-])[O-].[F-]. The summed E-state index contributed by atoms with van der Waals surface area (Å²) in [5, 5.41) is 0. The van der Waals surface area contributed by atoms with E-state index in [4.69, 9.17) is 42.2 Å². The molecule has 0 unspecified atom stereocenters.